The molecule has 0 bridgehead atoms. The zero-order valence-electron chi connectivity index (χ0n) is 14.1. The lowest BCUT2D eigenvalue weighted by molar-refractivity contribution is 0.0947. The molecule has 1 aliphatic rings. The number of nitrogens with zero attached hydrogens (tertiary/aromatic N) is 2. The van der Waals surface area contributed by atoms with Crippen LogP contribution in [0.3, 0.4) is 0 Å². The molecule has 0 fully saturated rings. The topological polar surface area (TPSA) is 73.0 Å². The summed E-state index contributed by atoms with van der Waals surface area (Å²) in [6.45, 7) is 2.75. The Morgan fingerprint density at radius 3 is 3.00 bits per heavy atom. The highest BCUT2D eigenvalue weighted by Gasteiger charge is 2.21. The third kappa shape index (κ3) is 4.49. The van der Waals surface area contributed by atoms with E-state index in [0.29, 0.717) is 31.0 Å². The van der Waals surface area contributed by atoms with E-state index in [-0.39, 0.29) is 24.1 Å². The summed E-state index contributed by atoms with van der Waals surface area (Å²) >= 11 is 0. The molecule has 136 valence electrons. The fraction of sp³-hybridized carbons (Fsp3) is 0.412. The number of aromatic nitrogens is 2. The highest BCUT2D eigenvalue weighted by molar-refractivity contribution is 5.94. The molecule has 3 rings (SSSR count). The Morgan fingerprint density at radius 1 is 1.40 bits per heavy atom. The quantitative estimate of drug-likeness (QED) is 0.681. The molecular weight excluding hydrogens is 345 g/mol. The van der Waals surface area contributed by atoms with Crippen LogP contribution < -0.4 is 15.5 Å². The molecule has 2 heterocycles. The van der Waals surface area contributed by atoms with Crippen LogP contribution in [-0.2, 0) is 13.0 Å². The van der Waals surface area contributed by atoms with Crippen molar-refractivity contribution in [2.45, 2.75) is 19.4 Å². The first-order valence-electron chi connectivity index (χ1n) is 8.17. The molecule has 6 nitrogen and oxygen atoms in total. The molecule has 0 radical (unpaired) electrons. The number of rotatable bonds is 6. The summed E-state index contributed by atoms with van der Waals surface area (Å²) in [7, 11) is 1.84. The summed E-state index contributed by atoms with van der Waals surface area (Å²) in [5.74, 6) is -0.399. The molecule has 0 aliphatic carbocycles. The van der Waals surface area contributed by atoms with Crippen LogP contribution in [-0.4, -0.2) is 42.8 Å². The first kappa shape index (κ1) is 19.2. The van der Waals surface area contributed by atoms with E-state index in [2.05, 4.69) is 20.8 Å². The van der Waals surface area contributed by atoms with Gasteiger partial charge in [-0.15, -0.1) is 12.4 Å². The lowest BCUT2D eigenvalue weighted by Crippen LogP contribution is -2.30. The van der Waals surface area contributed by atoms with Gasteiger partial charge in [0.15, 0.2) is 5.69 Å². The summed E-state index contributed by atoms with van der Waals surface area (Å²) in [5, 5.41) is 13.2. The predicted octanol–water partition coefficient (Wildman–Crippen LogP) is 1.87. The van der Waals surface area contributed by atoms with Crippen molar-refractivity contribution in [2.24, 2.45) is 0 Å². The van der Waals surface area contributed by atoms with Crippen LogP contribution in [0.4, 0.5) is 10.1 Å². The van der Waals surface area contributed by atoms with Gasteiger partial charge in [0.05, 0.1) is 5.69 Å². The average Bonchev–Trinajstić information content (AvgIpc) is 3.03. The lowest BCUT2D eigenvalue weighted by atomic mass is 10.1. The van der Waals surface area contributed by atoms with Gasteiger partial charge in [0, 0.05) is 50.9 Å². The van der Waals surface area contributed by atoms with Crippen LogP contribution in [0.5, 0.6) is 0 Å². The van der Waals surface area contributed by atoms with Gasteiger partial charge in [-0.1, -0.05) is 12.1 Å². The molecule has 2 aromatic rings. The van der Waals surface area contributed by atoms with E-state index in [4.69, 9.17) is 0 Å². The minimum atomic E-state index is -0.236. The Hall–Kier alpha value is -2.12. The van der Waals surface area contributed by atoms with Crippen LogP contribution in [0, 0.1) is 5.82 Å². The van der Waals surface area contributed by atoms with E-state index < -0.39 is 0 Å². The number of fused-ring (bicyclic) bond motifs is 1. The Labute approximate surface area is 152 Å². The third-order valence-corrected chi connectivity index (χ3v) is 4.24. The summed E-state index contributed by atoms with van der Waals surface area (Å²) in [6, 6.07) is 6.68. The molecule has 1 aliphatic heterocycles. The van der Waals surface area contributed by atoms with Gasteiger partial charge >= 0.3 is 0 Å². The molecular formula is C17H23ClFN5O. The number of hydrogen-bond acceptors (Lipinski definition) is 4. The second kappa shape index (κ2) is 8.82. The van der Waals surface area contributed by atoms with Crippen molar-refractivity contribution >= 4 is 24.0 Å². The summed E-state index contributed by atoms with van der Waals surface area (Å²) in [6.07, 6.45) is 1.59. The van der Waals surface area contributed by atoms with Crippen molar-refractivity contribution < 1.29 is 9.18 Å². The van der Waals surface area contributed by atoms with Gasteiger partial charge < -0.3 is 15.5 Å². The van der Waals surface area contributed by atoms with Gasteiger partial charge in [0.2, 0.25) is 0 Å². The smallest absolute Gasteiger partial charge is 0.272 e. The number of H-pyrrole nitrogens is 1. The van der Waals surface area contributed by atoms with E-state index in [1.807, 2.05) is 18.0 Å². The largest absolute Gasteiger partial charge is 0.372 e. The van der Waals surface area contributed by atoms with Crippen molar-refractivity contribution in [2.75, 3.05) is 31.6 Å². The number of carbonyl (C=O) groups excluding carboxylic acids is 1. The third-order valence-electron chi connectivity index (χ3n) is 4.24. The number of hydrogen-bond donors (Lipinski definition) is 3. The second-order valence-corrected chi connectivity index (χ2v) is 5.94. The van der Waals surface area contributed by atoms with Crippen LogP contribution in [0.2, 0.25) is 0 Å². The number of nitrogens with one attached hydrogen (secondary N) is 3. The van der Waals surface area contributed by atoms with Crippen molar-refractivity contribution in [1.82, 2.24) is 20.8 Å². The van der Waals surface area contributed by atoms with Gasteiger partial charge in [-0.05, 0) is 18.6 Å². The van der Waals surface area contributed by atoms with Gasteiger partial charge in [-0.2, -0.15) is 5.10 Å². The normalized spacial score (nSPS) is 12.9. The minimum Gasteiger partial charge on any atom is -0.372 e. The Balaban J connectivity index is 0.00000225. The van der Waals surface area contributed by atoms with Gasteiger partial charge in [-0.25, -0.2) is 4.39 Å². The number of benzene rings is 1. The highest BCUT2D eigenvalue weighted by Crippen LogP contribution is 2.17. The molecule has 1 aromatic heterocycles. The Morgan fingerprint density at radius 2 is 2.20 bits per heavy atom. The van der Waals surface area contributed by atoms with E-state index >= 15 is 0 Å². The summed E-state index contributed by atoms with van der Waals surface area (Å²) in [5.41, 5.74) is 3.04. The van der Waals surface area contributed by atoms with Crippen LogP contribution >= 0.6 is 12.4 Å². The Kier molecular flexibility index (Phi) is 6.78. The highest BCUT2D eigenvalue weighted by atomic mass is 35.5. The van der Waals surface area contributed by atoms with Gasteiger partial charge in [-0.3, -0.25) is 9.89 Å². The monoisotopic (exact) mass is 367 g/mol. The molecule has 8 heteroatoms. The van der Waals surface area contributed by atoms with Crippen molar-refractivity contribution in [1.29, 1.82) is 0 Å². The van der Waals surface area contributed by atoms with Crippen LogP contribution in [0.1, 0.15) is 28.2 Å². The SMILES string of the molecule is CN(CCCNC(=O)c1n[nH]c2c1CNCC2)c1ccccc1F.Cl. The molecule has 0 saturated carbocycles. The maximum atomic E-state index is 13.7. The van der Waals surface area contributed by atoms with Crippen LogP contribution in [0.15, 0.2) is 24.3 Å². The number of para-hydroxylation sites is 1. The first-order valence-corrected chi connectivity index (χ1v) is 8.17. The standard InChI is InChI=1S/C17H22FN5O.ClH/c1-23(15-6-3-2-5-13(15)18)10-4-8-20-17(24)16-12-11-19-9-7-14(12)21-22-16;/h2-3,5-6,19H,4,7-11H2,1H3,(H,20,24)(H,21,22);1H. The molecule has 0 atom stereocenters. The fourth-order valence-corrected chi connectivity index (χ4v) is 2.90. The maximum Gasteiger partial charge on any atom is 0.272 e. The molecule has 0 spiro atoms. The van der Waals surface area contributed by atoms with Crippen molar-refractivity contribution in [3.05, 3.63) is 47.0 Å². The molecule has 25 heavy (non-hydrogen) atoms. The number of carbonyl (C=O) groups is 1. The number of aromatic amines is 1. The number of amides is 1. The van der Waals surface area contributed by atoms with Crippen molar-refractivity contribution in [3.8, 4) is 0 Å². The van der Waals surface area contributed by atoms with Gasteiger partial charge in [0.25, 0.3) is 5.91 Å². The van der Waals surface area contributed by atoms with Gasteiger partial charge in [0.1, 0.15) is 5.82 Å². The molecule has 1 amide bonds. The van der Waals surface area contributed by atoms with Crippen molar-refractivity contribution in [3.63, 3.8) is 0 Å². The molecule has 3 N–H and O–H groups in total. The maximum absolute atomic E-state index is 13.7. The second-order valence-electron chi connectivity index (χ2n) is 5.94. The first-order chi connectivity index (χ1) is 11.7. The van der Waals surface area contributed by atoms with E-state index in [0.717, 1.165) is 30.6 Å². The van der Waals surface area contributed by atoms with E-state index in [1.54, 1.807) is 12.1 Å². The molecule has 1 aromatic carbocycles. The van der Waals surface area contributed by atoms with E-state index in [1.165, 1.54) is 6.07 Å². The summed E-state index contributed by atoms with van der Waals surface area (Å²) in [4.78, 5) is 14.1. The van der Waals surface area contributed by atoms with Crippen LogP contribution in [0.25, 0.3) is 0 Å². The zero-order chi connectivity index (χ0) is 16.9. The fourth-order valence-electron chi connectivity index (χ4n) is 2.90. The molecule has 0 saturated heterocycles. The zero-order valence-corrected chi connectivity index (χ0v) is 15.0. The Bertz CT molecular complexity index is 721. The number of halogens is 2. The van der Waals surface area contributed by atoms with E-state index in [9.17, 15) is 9.18 Å². The minimum absolute atomic E-state index is 0. The summed E-state index contributed by atoms with van der Waals surface area (Å²) < 4.78 is 13.7. The molecule has 0 unspecified atom stereocenters. The average molecular weight is 368 g/mol. The number of anilines is 1. The lowest BCUT2D eigenvalue weighted by Gasteiger charge is -2.19. The predicted molar refractivity (Wildman–Crippen MR) is 97.9 cm³/mol.